The fourth-order valence-corrected chi connectivity index (χ4v) is 3.49. The molecule has 0 aliphatic heterocycles. The summed E-state index contributed by atoms with van der Waals surface area (Å²) in [7, 11) is -3.14. The third-order valence-corrected chi connectivity index (χ3v) is 6.06. The van der Waals surface area contributed by atoms with E-state index >= 15 is 0 Å². The Morgan fingerprint density at radius 1 is 0.676 bits per heavy atom. The Kier molecular flexibility index (Phi) is 9.26. The van der Waals surface area contributed by atoms with Crippen molar-refractivity contribution < 1.29 is 62.0 Å². The maximum atomic E-state index is 12.2. The van der Waals surface area contributed by atoms with Crippen LogP contribution >= 0.6 is 8.58 Å². The van der Waals surface area contributed by atoms with Crippen molar-refractivity contribution in [3.8, 4) is 11.5 Å². The number of rotatable bonds is 7. The molecule has 16 heteroatoms. The van der Waals surface area contributed by atoms with E-state index < -0.39 is 33.4 Å². The third-order valence-electron chi connectivity index (χ3n) is 3.91. The number of halogens is 9. The first kappa shape index (κ1) is 29.8. The van der Waals surface area contributed by atoms with Crippen molar-refractivity contribution in [2.24, 2.45) is 0 Å². The van der Waals surface area contributed by atoms with E-state index in [1.807, 2.05) is 24.3 Å². The maximum Gasteiger partial charge on any atom is 0.460 e. The van der Waals surface area contributed by atoms with E-state index in [1.165, 1.54) is 10.6 Å². The molecule has 2 aromatic carbocycles. The Balaban J connectivity index is 0.000000340. The first-order valence-electron chi connectivity index (χ1n) is 8.54. The minimum Gasteiger partial charge on any atom is -0.497 e. The molecule has 0 heterocycles. The topological polar surface area (TPSA) is 72.8 Å². The third kappa shape index (κ3) is 6.45. The van der Waals surface area contributed by atoms with Gasteiger partial charge in [0.05, 0.1) is 14.2 Å². The first-order chi connectivity index (χ1) is 15.3. The predicted molar refractivity (Wildman–Crippen MR) is 106 cm³/mol. The van der Waals surface area contributed by atoms with E-state index in [0.717, 1.165) is 11.5 Å². The molecule has 1 N–H and O–H groups in total. The monoisotopic (exact) mass is 546 g/mol. The van der Waals surface area contributed by atoms with Crippen molar-refractivity contribution in [3.05, 3.63) is 48.5 Å². The molecule has 192 valence electrons. The lowest BCUT2D eigenvalue weighted by Crippen LogP contribution is -2.63. The molecular formula is C18H16F9O5PS. The van der Waals surface area contributed by atoms with Crippen molar-refractivity contribution in [3.63, 3.8) is 0 Å². The molecule has 0 aliphatic carbocycles. The van der Waals surface area contributed by atoms with Gasteiger partial charge in [-0.3, -0.25) is 4.55 Å². The molecule has 0 fully saturated rings. The summed E-state index contributed by atoms with van der Waals surface area (Å²) in [6, 6.07) is 16.4. The van der Waals surface area contributed by atoms with Gasteiger partial charge in [-0.25, -0.2) is 0 Å². The standard InChI is InChI=1S/C14H15O2P.C4HF9O3S/c1-15-11-3-7-13(8-4-11)17-14-9-5-12(16-2)6-10-14;5-1(6,3(9,10)11)2(7,8)4(12,13)17(14,15)16/h3-10,17H,1-2H3;(H,14,15,16). The Labute approximate surface area is 189 Å². The van der Waals surface area contributed by atoms with E-state index in [-0.39, 0.29) is 0 Å². The quantitative estimate of drug-likeness (QED) is 0.312. The van der Waals surface area contributed by atoms with Crippen molar-refractivity contribution >= 4 is 29.3 Å². The van der Waals surface area contributed by atoms with E-state index in [2.05, 4.69) is 24.3 Å². The second-order valence-corrected chi connectivity index (χ2v) is 9.09. The number of hydrogen-bond acceptors (Lipinski definition) is 4. The molecule has 0 saturated heterocycles. The van der Waals surface area contributed by atoms with Gasteiger partial charge in [0.2, 0.25) is 0 Å². The molecule has 0 spiro atoms. The Morgan fingerprint density at radius 3 is 1.24 bits per heavy atom. The summed E-state index contributed by atoms with van der Waals surface area (Å²) in [6.07, 6.45) is -7.13. The highest BCUT2D eigenvalue weighted by Gasteiger charge is 2.85. The van der Waals surface area contributed by atoms with Gasteiger partial charge in [-0.1, -0.05) is 32.8 Å². The average Bonchev–Trinajstić information content (AvgIpc) is 2.73. The van der Waals surface area contributed by atoms with Crippen LogP contribution in [-0.2, 0) is 10.1 Å². The lowest BCUT2D eigenvalue weighted by molar-refractivity contribution is -0.382. The second kappa shape index (κ2) is 10.6. The fraction of sp³-hybridized carbons (Fsp3) is 0.333. The fourth-order valence-electron chi connectivity index (χ4n) is 2.04. The van der Waals surface area contributed by atoms with Crippen molar-refractivity contribution in [2.45, 2.75) is 23.3 Å². The largest absolute Gasteiger partial charge is 0.497 e. The van der Waals surface area contributed by atoms with Gasteiger partial charge in [-0.05, 0) is 34.9 Å². The molecule has 34 heavy (non-hydrogen) atoms. The van der Waals surface area contributed by atoms with Gasteiger partial charge in [0.1, 0.15) is 11.5 Å². The number of alkyl halides is 9. The first-order valence-corrected chi connectivity index (χ1v) is 11.0. The summed E-state index contributed by atoms with van der Waals surface area (Å²) in [4.78, 5) is 0. The summed E-state index contributed by atoms with van der Waals surface area (Å²) in [5.74, 6) is -12.9. The predicted octanol–water partition coefficient (Wildman–Crippen LogP) is 4.63. The molecule has 0 bridgehead atoms. The van der Waals surface area contributed by atoms with Crippen molar-refractivity contribution in [2.75, 3.05) is 14.2 Å². The zero-order chi connectivity index (χ0) is 26.6. The van der Waals surface area contributed by atoms with Gasteiger partial charge in [-0.15, -0.1) is 0 Å². The summed E-state index contributed by atoms with van der Waals surface area (Å²) in [5, 5.41) is -4.40. The van der Waals surface area contributed by atoms with Crippen LogP contribution in [0.4, 0.5) is 39.5 Å². The Morgan fingerprint density at radius 2 is 1.00 bits per heavy atom. The molecule has 0 aliphatic rings. The van der Waals surface area contributed by atoms with Gasteiger partial charge in [0, 0.05) is 0 Å². The highest BCUT2D eigenvalue weighted by Crippen LogP contribution is 2.54. The van der Waals surface area contributed by atoms with E-state index in [9.17, 15) is 47.9 Å². The summed E-state index contributed by atoms with van der Waals surface area (Å²) in [5.41, 5.74) is 0. The van der Waals surface area contributed by atoms with Gasteiger partial charge < -0.3 is 9.47 Å². The summed E-state index contributed by atoms with van der Waals surface area (Å²) in [6.45, 7) is 0. The van der Waals surface area contributed by atoms with Gasteiger partial charge in [-0.2, -0.15) is 47.9 Å². The Hall–Kier alpha value is -2.25. The van der Waals surface area contributed by atoms with Crippen LogP contribution in [-0.4, -0.2) is 50.5 Å². The molecule has 0 unspecified atom stereocenters. The van der Waals surface area contributed by atoms with Crippen LogP contribution in [0.2, 0.25) is 0 Å². The highest BCUT2D eigenvalue weighted by molar-refractivity contribution is 7.87. The molecular weight excluding hydrogens is 530 g/mol. The molecule has 0 aromatic heterocycles. The van der Waals surface area contributed by atoms with Gasteiger partial charge in [0.15, 0.2) is 0 Å². The highest BCUT2D eigenvalue weighted by atomic mass is 32.2. The van der Waals surface area contributed by atoms with E-state index in [4.69, 9.17) is 14.0 Å². The number of benzene rings is 2. The van der Waals surface area contributed by atoms with Gasteiger partial charge in [0.25, 0.3) is 0 Å². The number of ether oxygens (including phenoxy) is 2. The van der Waals surface area contributed by atoms with Crippen LogP contribution in [0.15, 0.2) is 48.5 Å². The summed E-state index contributed by atoms with van der Waals surface area (Å²) < 4.78 is 144. The van der Waals surface area contributed by atoms with Crippen LogP contribution in [0, 0.1) is 0 Å². The zero-order valence-electron chi connectivity index (χ0n) is 17.0. The average molecular weight is 546 g/mol. The summed E-state index contributed by atoms with van der Waals surface area (Å²) >= 11 is 0. The lowest BCUT2D eigenvalue weighted by Gasteiger charge is -2.31. The SMILES string of the molecule is COc1ccc(Pc2ccc(OC)cc2)cc1.O=S(=O)(O)C(F)(F)C(F)(F)C(F)(F)C(F)(F)F. The Bertz CT molecular complexity index is 995. The maximum absolute atomic E-state index is 12.2. The van der Waals surface area contributed by atoms with Crippen LogP contribution in [0.25, 0.3) is 0 Å². The minimum atomic E-state index is -7.37. The minimum absolute atomic E-state index is 0.661. The van der Waals surface area contributed by atoms with Gasteiger partial charge >= 0.3 is 33.4 Å². The van der Waals surface area contributed by atoms with Crippen LogP contribution < -0.4 is 20.1 Å². The zero-order valence-corrected chi connectivity index (χ0v) is 18.8. The molecule has 0 atom stereocenters. The normalized spacial score (nSPS) is 13.1. The molecule has 2 rings (SSSR count). The van der Waals surface area contributed by atoms with Crippen LogP contribution in [0.1, 0.15) is 0 Å². The number of methoxy groups -OCH3 is 2. The molecule has 2 aromatic rings. The lowest BCUT2D eigenvalue weighted by atomic mass is 10.1. The van der Waals surface area contributed by atoms with Crippen molar-refractivity contribution in [1.82, 2.24) is 0 Å². The molecule has 0 amide bonds. The van der Waals surface area contributed by atoms with Crippen LogP contribution in [0.3, 0.4) is 0 Å². The molecule has 0 radical (unpaired) electrons. The van der Waals surface area contributed by atoms with E-state index in [1.54, 1.807) is 14.2 Å². The van der Waals surface area contributed by atoms with Crippen LogP contribution in [0.5, 0.6) is 11.5 Å². The smallest absolute Gasteiger partial charge is 0.460 e. The molecule has 5 nitrogen and oxygen atoms in total. The second-order valence-electron chi connectivity index (χ2n) is 6.22. The molecule has 0 saturated carbocycles. The number of hydrogen-bond donors (Lipinski definition) is 1. The van der Waals surface area contributed by atoms with E-state index in [0.29, 0.717) is 8.58 Å². The van der Waals surface area contributed by atoms with Crippen molar-refractivity contribution in [1.29, 1.82) is 0 Å².